The van der Waals surface area contributed by atoms with E-state index in [9.17, 15) is 9.18 Å². The van der Waals surface area contributed by atoms with Crippen LogP contribution in [0.3, 0.4) is 0 Å². The molecule has 4 nitrogen and oxygen atoms in total. The van der Waals surface area contributed by atoms with Crippen molar-refractivity contribution in [2.75, 3.05) is 20.3 Å². The Labute approximate surface area is 93.2 Å². The number of benzene rings is 1. The second-order valence-electron chi connectivity index (χ2n) is 3.14. The molecule has 2 N–H and O–H groups in total. The van der Waals surface area contributed by atoms with E-state index in [1.165, 1.54) is 19.2 Å². The van der Waals surface area contributed by atoms with Crippen LogP contribution in [-0.4, -0.2) is 26.2 Å². The number of carbonyl (C=O) groups excluding carboxylic acids is 1. The normalized spacial score (nSPS) is 9.94. The molecule has 88 valence electrons. The number of methoxy groups -OCH3 is 1. The van der Waals surface area contributed by atoms with Crippen molar-refractivity contribution in [3.8, 4) is 5.75 Å². The van der Waals surface area contributed by atoms with Crippen molar-refractivity contribution in [2.24, 2.45) is 5.73 Å². The Morgan fingerprint density at radius 2 is 2.25 bits per heavy atom. The zero-order valence-electron chi connectivity index (χ0n) is 9.03. The van der Waals surface area contributed by atoms with Crippen LogP contribution in [-0.2, 0) is 16.0 Å². The summed E-state index contributed by atoms with van der Waals surface area (Å²) in [5.41, 5.74) is 5.80. The van der Waals surface area contributed by atoms with Crippen LogP contribution < -0.4 is 10.5 Å². The van der Waals surface area contributed by atoms with E-state index in [4.69, 9.17) is 15.2 Å². The zero-order chi connectivity index (χ0) is 12.0. The summed E-state index contributed by atoms with van der Waals surface area (Å²) in [7, 11) is 1.40. The van der Waals surface area contributed by atoms with Gasteiger partial charge in [0.05, 0.1) is 20.3 Å². The van der Waals surface area contributed by atoms with Gasteiger partial charge < -0.3 is 15.2 Å². The van der Waals surface area contributed by atoms with Gasteiger partial charge in [0.2, 0.25) is 0 Å². The molecule has 0 unspecified atom stereocenters. The highest BCUT2D eigenvalue weighted by Gasteiger charge is 2.04. The Hall–Kier alpha value is -1.62. The van der Waals surface area contributed by atoms with Gasteiger partial charge in [0.1, 0.15) is 0 Å². The second kappa shape index (κ2) is 6.07. The van der Waals surface area contributed by atoms with E-state index in [1.807, 2.05) is 0 Å². The molecule has 0 saturated carbocycles. The number of nitrogens with two attached hydrogens (primary N) is 1. The first-order valence-corrected chi connectivity index (χ1v) is 4.85. The summed E-state index contributed by atoms with van der Waals surface area (Å²) in [6, 6.07) is 4.61. The van der Waals surface area contributed by atoms with Crippen molar-refractivity contribution in [1.29, 1.82) is 0 Å². The molecule has 0 saturated heterocycles. The fourth-order valence-electron chi connectivity index (χ4n) is 1.21. The van der Waals surface area contributed by atoms with Crippen LogP contribution in [0.25, 0.3) is 0 Å². The Morgan fingerprint density at radius 3 is 2.81 bits per heavy atom. The van der Waals surface area contributed by atoms with Crippen molar-refractivity contribution in [3.05, 3.63) is 29.6 Å². The maximum absolute atomic E-state index is 13.2. The van der Waals surface area contributed by atoms with E-state index in [2.05, 4.69) is 0 Å². The minimum Gasteiger partial charge on any atom is -0.494 e. The maximum Gasteiger partial charge on any atom is 0.319 e. The van der Waals surface area contributed by atoms with E-state index >= 15 is 0 Å². The molecule has 5 heteroatoms. The van der Waals surface area contributed by atoms with Gasteiger partial charge in [-0.05, 0) is 17.7 Å². The molecule has 0 fully saturated rings. The number of hydrogen-bond donors (Lipinski definition) is 1. The first-order valence-electron chi connectivity index (χ1n) is 4.85. The van der Waals surface area contributed by atoms with Crippen LogP contribution in [0.2, 0.25) is 0 Å². The van der Waals surface area contributed by atoms with E-state index in [0.717, 1.165) is 5.56 Å². The molecule has 1 aromatic rings. The van der Waals surface area contributed by atoms with Crippen LogP contribution in [0.15, 0.2) is 18.2 Å². The molecule has 0 radical (unpaired) electrons. The zero-order valence-corrected chi connectivity index (χ0v) is 9.03. The monoisotopic (exact) mass is 227 g/mol. The number of halogens is 1. The topological polar surface area (TPSA) is 61.5 Å². The lowest BCUT2D eigenvalue weighted by atomic mass is 10.1. The molecule has 0 spiro atoms. The smallest absolute Gasteiger partial charge is 0.319 e. The average Bonchev–Trinajstić information content (AvgIpc) is 2.29. The SMILES string of the molecule is COc1ccc(CCOC(=O)CN)cc1F. The van der Waals surface area contributed by atoms with Crippen molar-refractivity contribution in [3.63, 3.8) is 0 Å². The third kappa shape index (κ3) is 3.51. The van der Waals surface area contributed by atoms with Crippen LogP contribution >= 0.6 is 0 Å². The van der Waals surface area contributed by atoms with E-state index in [1.54, 1.807) is 6.07 Å². The number of carbonyl (C=O) groups is 1. The fourth-order valence-corrected chi connectivity index (χ4v) is 1.21. The summed E-state index contributed by atoms with van der Waals surface area (Å²) in [5, 5.41) is 0. The predicted molar refractivity (Wildman–Crippen MR) is 56.7 cm³/mol. The van der Waals surface area contributed by atoms with E-state index < -0.39 is 11.8 Å². The van der Waals surface area contributed by atoms with Gasteiger partial charge >= 0.3 is 5.97 Å². The van der Waals surface area contributed by atoms with Gasteiger partial charge in [-0.15, -0.1) is 0 Å². The molecule has 0 atom stereocenters. The fraction of sp³-hybridized carbons (Fsp3) is 0.364. The molecule has 0 aliphatic rings. The molecule has 0 heterocycles. The van der Waals surface area contributed by atoms with Crippen LogP contribution in [0.4, 0.5) is 4.39 Å². The molecule has 16 heavy (non-hydrogen) atoms. The third-order valence-corrected chi connectivity index (χ3v) is 2.04. The molecular weight excluding hydrogens is 213 g/mol. The van der Waals surface area contributed by atoms with Gasteiger partial charge in [0.15, 0.2) is 11.6 Å². The van der Waals surface area contributed by atoms with E-state index in [-0.39, 0.29) is 18.9 Å². The van der Waals surface area contributed by atoms with Crippen molar-refractivity contribution in [2.45, 2.75) is 6.42 Å². The minimum atomic E-state index is -0.464. The molecule has 0 bridgehead atoms. The Bertz CT molecular complexity index is 368. The van der Waals surface area contributed by atoms with Gasteiger partial charge in [0, 0.05) is 6.42 Å². The summed E-state index contributed by atoms with van der Waals surface area (Å²) in [6.07, 6.45) is 0.451. The summed E-state index contributed by atoms with van der Waals surface area (Å²) in [5.74, 6) is -0.693. The summed E-state index contributed by atoms with van der Waals surface area (Å²) < 4.78 is 22.8. The molecule has 0 amide bonds. The number of hydrogen-bond acceptors (Lipinski definition) is 4. The lowest BCUT2D eigenvalue weighted by Crippen LogP contribution is -2.17. The quantitative estimate of drug-likeness (QED) is 0.758. The lowest BCUT2D eigenvalue weighted by Gasteiger charge is -2.05. The molecule has 0 aromatic heterocycles. The van der Waals surface area contributed by atoms with E-state index in [0.29, 0.717) is 6.42 Å². The number of rotatable bonds is 5. The molecule has 0 aliphatic heterocycles. The van der Waals surface area contributed by atoms with Gasteiger partial charge in [-0.2, -0.15) is 0 Å². The molecule has 1 rings (SSSR count). The first kappa shape index (κ1) is 12.4. The van der Waals surface area contributed by atoms with Crippen LogP contribution in [0.5, 0.6) is 5.75 Å². The predicted octanol–water partition coefficient (Wildman–Crippen LogP) is 0.879. The third-order valence-electron chi connectivity index (χ3n) is 2.04. The second-order valence-corrected chi connectivity index (χ2v) is 3.14. The van der Waals surface area contributed by atoms with Gasteiger partial charge in [0.25, 0.3) is 0 Å². The molecular formula is C11H14FNO3. The number of esters is 1. The standard InChI is InChI=1S/C11H14FNO3/c1-15-10-3-2-8(6-9(10)12)4-5-16-11(14)7-13/h2-3,6H,4-5,7,13H2,1H3. The average molecular weight is 227 g/mol. The molecule has 1 aromatic carbocycles. The van der Waals surface area contributed by atoms with Gasteiger partial charge in [-0.1, -0.05) is 6.07 Å². The Morgan fingerprint density at radius 1 is 1.50 bits per heavy atom. The van der Waals surface area contributed by atoms with Gasteiger partial charge in [-0.25, -0.2) is 4.39 Å². The molecule has 0 aliphatic carbocycles. The summed E-state index contributed by atoms with van der Waals surface area (Å²) >= 11 is 0. The lowest BCUT2D eigenvalue weighted by molar-refractivity contribution is -0.141. The summed E-state index contributed by atoms with van der Waals surface area (Å²) in [4.78, 5) is 10.7. The Balaban J connectivity index is 2.49. The highest BCUT2D eigenvalue weighted by Crippen LogP contribution is 2.17. The van der Waals surface area contributed by atoms with Crippen molar-refractivity contribution < 1.29 is 18.7 Å². The Kier molecular flexibility index (Phi) is 4.72. The largest absolute Gasteiger partial charge is 0.494 e. The first-order chi connectivity index (χ1) is 7.67. The highest BCUT2D eigenvalue weighted by molar-refractivity contribution is 5.71. The number of ether oxygens (including phenoxy) is 2. The maximum atomic E-state index is 13.2. The van der Waals surface area contributed by atoms with Crippen molar-refractivity contribution >= 4 is 5.97 Å². The van der Waals surface area contributed by atoms with Crippen molar-refractivity contribution in [1.82, 2.24) is 0 Å². The minimum absolute atomic E-state index is 0.142. The summed E-state index contributed by atoms with van der Waals surface area (Å²) in [6.45, 7) is 0.0543. The van der Waals surface area contributed by atoms with Gasteiger partial charge in [-0.3, -0.25) is 4.79 Å². The van der Waals surface area contributed by atoms with Crippen LogP contribution in [0.1, 0.15) is 5.56 Å². The highest BCUT2D eigenvalue weighted by atomic mass is 19.1. The van der Waals surface area contributed by atoms with Crippen LogP contribution in [0, 0.1) is 5.82 Å².